The van der Waals surface area contributed by atoms with Crippen LogP contribution in [0.25, 0.3) is 16.6 Å². The molecular formula is C30H36N4O5. The number of pyridine rings is 1. The highest BCUT2D eigenvalue weighted by Gasteiger charge is 2.30. The zero-order valence-corrected chi connectivity index (χ0v) is 23.5. The fraction of sp³-hybridized carbons (Fsp3) is 0.433. The lowest BCUT2D eigenvalue weighted by Gasteiger charge is -2.36. The molecule has 0 radical (unpaired) electrons. The summed E-state index contributed by atoms with van der Waals surface area (Å²) in [5, 5.41) is 0.967. The fourth-order valence-electron chi connectivity index (χ4n) is 5.67. The Hall–Kier alpha value is -3.85. The first-order chi connectivity index (χ1) is 18.6. The maximum atomic E-state index is 13.0. The van der Waals surface area contributed by atoms with E-state index in [4.69, 9.17) is 14.2 Å². The number of imidazole rings is 1. The monoisotopic (exact) mass is 532 g/mol. The molecule has 5 rings (SSSR count). The van der Waals surface area contributed by atoms with Crippen LogP contribution in [0.2, 0.25) is 0 Å². The number of hydrogen-bond donors (Lipinski definition) is 0. The maximum absolute atomic E-state index is 13.0. The average Bonchev–Trinajstić information content (AvgIpc) is 3.57. The van der Waals surface area contributed by atoms with E-state index >= 15 is 0 Å². The minimum Gasteiger partial charge on any atom is -0.496 e. The number of carbonyl (C=O) groups excluding carboxylic acids is 2. The summed E-state index contributed by atoms with van der Waals surface area (Å²) in [5.41, 5.74) is 4.47. The first kappa shape index (κ1) is 26.7. The van der Waals surface area contributed by atoms with Crippen molar-refractivity contribution in [2.45, 2.75) is 65.1 Å². The van der Waals surface area contributed by atoms with Crippen molar-refractivity contribution in [1.82, 2.24) is 18.9 Å². The lowest BCUT2D eigenvalue weighted by molar-refractivity contribution is 0.0542. The summed E-state index contributed by atoms with van der Waals surface area (Å²) < 4.78 is 19.9. The highest BCUT2D eigenvalue weighted by Crippen LogP contribution is 2.39. The first-order valence-electron chi connectivity index (χ1n) is 13.3. The van der Waals surface area contributed by atoms with Crippen LogP contribution in [0.4, 0.5) is 4.79 Å². The second-order valence-corrected chi connectivity index (χ2v) is 11.1. The minimum absolute atomic E-state index is 0.101. The zero-order chi connectivity index (χ0) is 27.9. The molecule has 1 fully saturated rings. The standard InChI is InChI=1S/C30H36N4O5/c1-19-17-25(37-5)22(20-12-15-34(26(19)20)29(36)39-30(2,3)4)18-32-14-8-7-9-23(32)21-10-11-24(28(35)38-6)33-16-13-31-27(21)33/h10-13,15-17,23H,7-9,14,18H2,1-6H3. The molecule has 9 nitrogen and oxygen atoms in total. The molecule has 0 amide bonds. The third-order valence-electron chi connectivity index (χ3n) is 7.35. The van der Waals surface area contributed by atoms with Crippen LogP contribution in [0.5, 0.6) is 5.75 Å². The number of carbonyl (C=O) groups is 2. The molecule has 1 aliphatic rings. The van der Waals surface area contributed by atoms with E-state index in [1.54, 1.807) is 34.7 Å². The molecule has 4 heterocycles. The largest absolute Gasteiger partial charge is 0.496 e. The highest BCUT2D eigenvalue weighted by molar-refractivity contribution is 5.95. The Labute approximate surface area is 228 Å². The Kier molecular flexibility index (Phi) is 7.11. The van der Waals surface area contributed by atoms with E-state index in [0.29, 0.717) is 12.2 Å². The molecule has 9 heteroatoms. The molecule has 0 spiro atoms. The van der Waals surface area contributed by atoms with Crippen molar-refractivity contribution in [1.29, 1.82) is 0 Å². The molecule has 0 aliphatic carbocycles. The number of hydrogen-bond acceptors (Lipinski definition) is 7. The Bertz CT molecular complexity index is 1540. The predicted molar refractivity (Wildman–Crippen MR) is 148 cm³/mol. The number of methoxy groups -OCH3 is 2. The zero-order valence-electron chi connectivity index (χ0n) is 23.5. The minimum atomic E-state index is -0.598. The molecule has 1 unspecified atom stereocenters. The van der Waals surface area contributed by atoms with Gasteiger partial charge in [-0.15, -0.1) is 0 Å². The van der Waals surface area contributed by atoms with Crippen LogP contribution in [-0.4, -0.2) is 57.3 Å². The molecule has 1 aliphatic heterocycles. The van der Waals surface area contributed by atoms with Crippen LogP contribution in [0, 0.1) is 6.92 Å². The number of esters is 1. The van der Waals surface area contributed by atoms with E-state index in [1.807, 2.05) is 52.0 Å². The van der Waals surface area contributed by atoms with Crippen molar-refractivity contribution in [3.05, 3.63) is 65.2 Å². The smallest absolute Gasteiger partial charge is 0.419 e. The fourth-order valence-corrected chi connectivity index (χ4v) is 5.67. The molecule has 0 N–H and O–H groups in total. The summed E-state index contributed by atoms with van der Waals surface area (Å²) in [7, 11) is 3.07. The number of ether oxygens (including phenoxy) is 3. The molecule has 1 aromatic carbocycles. The summed E-state index contributed by atoms with van der Waals surface area (Å²) in [6.07, 6.45) is 8.03. The van der Waals surface area contributed by atoms with Gasteiger partial charge in [0.15, 0.2) is 0 Å². The summed E-state index contributed by atoms with van der Waals surface area (Å²) in [6.45, 7) is 9.11. The van der Waals surface area contributed by atoms with Gasteiger partial charge in [-0.3, -0.25) is 13.9 Å². The van der Waals surface area contributed by atoms with Gasteiger partial charge in [-0.25, -0.2) is 14.6 Å². The third-order valence-corrected chi connectivity index (χ3v) is 7.35. The number of aromatic nitrogens is 3. The van der Waals surface area contributed by atoms with Crippen LogP contribution in [0.1, 0.15) is 73.3 Å². The molecule has 1 atom stereocenters. The Morgan fingerprint density at radius 3 is 2.62 bits per heavy atom. The van der Waals surface area contributed by atoms with E-state index in [0.717, 1.165) is 64.8 Å². The molecule has 0 saturated carbocycles. The van der Waals surface area contributed by atoms with Crippen molar-refractivity contribution >= 4 is 28.6 Å². The van der Waals surface area contributed by atoms with E-state index in [-0.39, 0.29) is 6.04 Å². The van der Waals surface area contributed by atoms with Crippen LogP contribution < -0.4 is 4.74 Å². The molecule has 206 valence electrons. The summed E-state index contributed by atoms with van der Waals surface area (Å²) in [5.74, 6) is 0.393. The van der Waals surface area contributed by atoms with Gasteiger partial charge in [-0.05, 0) is 70.8 Å². The number of benzene rings is 1. The lowest BCUT2D eigenvalue weighted by atomic mass is 9.94. The highest BCUT2D eigenvalue weighted by atomic mass is 16.6. The van der Waals surface area contributed by atoms with Crippen molar-refractivity contribution < 1.29 is 23.8 Å². The molecule has 3 aromatic heterocycles. The summed E-state index contributed by atoms with van der Waals surface area (Å²) in [4.78, 5) is 32.4. The maximum Gasteiger partial charge on any atom is 0.419 e. The van der Waals surface area contributed by atoms with Crippen LogP contribution in [-0.2, 0) is 16.0 Å². The number of piperidine rings is 1. The first-order valence-corrected chi connectivity index (χ1v) is 13.3. The van der Waals surface area contributed by atoms with Crippen molar-refractivity contribution in [3.63, 3.8) is 0 Å². The van der Waals surface area contributed by atoms with Crippen molar-refractivity contribution in [3.8, 4) is 5.75 Å². The second-order valence-electron chi connectivity index (χ2n) is 11.1. The molecule has 0 bridgehead atoms. The van der Waals surface area contributed by atoms with Gasteiger partial charge in [-0.2, -0.15) is 0 Å². The van der Waals surface area contributed by atoms with Crippen LogP contribution in [0.3, 0.4) is 0 Å². The SMILES string of the molecule is COC(=O)c1ccc(C2CCCCN2Cc2c(OC)cc(C)c3c2ccn3C(=O)OC(C)(C)C)c2nccn12. The van der Waals surface area contributed by atoms with Gasteiger partial charge in [0.2, 0.25) is 0 Å². The van der Waals surface area contributed by atoms with Gasteiger partial charge in [-0.1, -0.05) is 12.5 Å². The topological polar surface area (TPSA) is 87.3 Å². The van der Waals surface area contributed by atoms with E-state index in [1.165, 1.54) is 7.11 Å². The molecule has 4 aromatic rings. The van der Waals surface area contributed by atoms with Gasteiger partial charge in [0.1, 0.15) is 22.7 Å². The van der Waals surface area contributed by atoms with Crippen LogP contribution in [0.15, 0.2) is 42.9 Å². The molecular weight excluding hydrogens is 496 g/mol. The van der Waals surface area contributed by atoms with Crippen molar-refractivity contribution in [2.24, 2.45) is 0 Å². The second kappa shape index (κ2) is 10.4. The van der Waals surface area contributed by atoms with E-state index in [9.17, 15) is 9.59 Å². The lowest BCUT2D eigenvalue weighted by Crippen LogP contribution is -2.33. The number of rotatable bonds is 5. The van der Waals surface area contributed by atoms with Gasteiger partial charge < -0.3 is 14.2 Å². The quantitative estimate of drug-likeness (QED) is 0.296. The molecule has 1 saturated heterocycles. The predicted octanol–water partition coefficient (Wildman–Crippen LogP) is 5.90. The van der Waals surface area contributed by atoms with Gasteiger partial charge in [0.25, 0.3) is 0 Å². The molecule has 39 heavy (non-hydrogen) atoms. The average molecular weight is 533 g/mol. The summed E-state index contributed by atoms with van der Waals surface area (Å²) in [6, 6.07) is 7.88. The normalized spacial score (nSPS) is 16.5. The number of nitrogens with zero attached hydrogens (tertiary/aromatic N) is 4. The van der Waals surface area contributed by atoms with Gasteiger partial charge in [0, 0.05) is 47.7 Å². The van der Waals surface area contributed by atoms with E-state index in [2.05, 4.69) is 9.88 Å². The number of likely N-dealkylation sites (tertiary alicyclic amines) is 1. The van der Waals surface area contributed by atoms with Gasteiger partial charge in [0.05, 0.1) is 19.7 Å². The Balaban J connectivity index is 1.56. The number of aryl methyl sites for hydroxylation is 1. The summed E-state index contributed by atoms with van der Waals surface area (Å²) >= 11 is 0. The number of fused-ring (bicyclic) bond motifs is 2. The van der Waals surface area contributed by atoms with Crippen LogP contribution >= 0.6 is 0 Å². The van der Waals surface area contributed by atoms with Gasteiger partial charge >= 0.3 is 12.1 Å². The Morgan fingerprint density at radius 1 is 1.10 bits per heavy atom. The van der Waals surface area contributed by atoms with Crippen molar-refractivity contribution in [2.75, 3.05) is 20.8 Å². The van der Waals surface area contributed by atoms with E-state index < -0.39 is 17.7 Å². The Morgan fingerprint density at radius 2 is 1.90 bits per heavy atom. The third kappa shape index (κ3) is 4.98.